The van der Waals surface area contributed by atoms with E-state index in [4.69, 9.17) is 5.73 Å². The molecule has 0 saturated carbocycles. The van der Waals surface area contributed by atoms with Gasteiger partial charge in [-0.1, -0.05) is 17.8 Å². The van der Waals surface area contributed by atoms with E-state index in [1.165, 1.54) is 24.4 Å². The lowest BCUT2D eigenvalue weighted by Crippen LogP contribution is -2.33. The van der Waals surface area contributed by atoms with E-state index in [1.807, 2.05) is 25.1 Å². The van der Waals surface area contributed by atoms with E-state index in [-0.39, 0.29) is 0 Å². The molecule has 3 N–H and O–H groups in total. The zero-order chi connectivity index (χ0) is 13.1. The second-order valence-electron chi connectivity index (χ2n) is 4.00. The summed E-state index contributed by atoms with van der Waals surface area (Å²) in [6.07, 6.45) is 0. The largest absolute Gasteiger partial charge is 0.468 e. The molecule has 6 heteroatoms. The van der Waals surface area contributed by atoms with Gasteiger partial charge < -0.3 is 15.5 Å². The molecule has 0 saturated heterocycles. The van der Waals surface area contributed by atoms with Gasteiger partial charge in [0, 0.05) is 5.75 Å². The number of ether oxygens (including phenoxy) is 1. The first-order chi connectivity index (χ1) is 8.60. The fourth-order valence-electron chi connectivity index (χ4n) is 1.56. The number of imidazole rings is 1. The first-order valence-corrected chi connectivity index (χ1v) is 6.51. The number of H-pyrrole nitrogens is 1. The molecule has 0 aliphatic carbocycles. The lowest BCUT2D eigenvalue weighted by atomic mass is 10.2. The zero-order valence-electron chi connectivity index (χ0n) is 10.3. The lowest BCUT2D eigenvalue weighted by molar-refractivity contribution is -0.141. The predicted octanol–water partition coefficient (Wildman–Crippen LogP) is 1.46. The molecule has 2 rings (SSSR count). The highest BCUT2D eigenvalue weighted by atomic mass is 32.2. The van der Waals surface area contributed by atoms with E-state index < -0.39 is 12.0 Å². The lowest BCUT2D eigenvalue weighted by Gasteiger charge is -2.06. The maximum Gasteiger partial charge on any atom is 0.323 e. The molecule has 0 bridgehead atoms. The quantitative estimate of drug-likeness (QED) is 0.646. The number of aromatic nitrogens is 2. The summed E-state index contributed by atoms with van der Waals surface area (Å²) in [5.41, 5.74) is 8.73. The number of nitrogens with two attached hydrogens (primary N) is 1. The Balaban J connectivity index is 2.06. The number of thioether (sulfide) groups is 1. The maximum absolute atomic E-state index is 11.2. The van der Waals surface area contributed by atoms with Gasteiger partial charge in [0.2, 0.25) is 0 Å². The third-order valence-electron chi connectivity index (χ3n) is 2.52. The Hall–Kier alpha value is -1.53. The van der Waals surface area contributed by atoms with Crippen LogP contribution in [0.15, 0.2) is 23.4 Å². The summed E-state index contributed by atoms with van der Waals surface area (Å²) in [5.74, 6) is 0.0281. The van der Waals surface area contributed by atoms with Gasteiger partial charge in [-0.05, 0) is 24.6 Å². The molecule has 0 fully saturated rings. The van der Waals surface area contributed by atoms with Crippen LogP contribution in [0.25, 0.3) is 11.0 Å². The van der Waals surface area contributed by atoms with Gasteiger partial charge in [0.05, 0.1) is 18.1 Å². The van der Waals surface area contributed by atoms with E-state index in [0.717, 1.165) is 16.2 Å². The highest BCUT2D eigenvalue weighted by Crippen LogP contribution is 2.20. The maximum atomic E-state index is 11.2. The van der Waals surface area contributed by atoms with Gasteiger partial charge in [0.1, 0.15) is 6.04 Å². The molecule has 5 nitrogen and oxygen atoms in total. The molecule has 96 valence electrons. The van der Waals surface area contributed by atoms with Crippen LogP contribution in [0.4, 0.5) is 0 Å². The van der Waals surface area contributed by atoms with Gasteiger partial charge in [-0.2, -0.15) is 0 Å². The molecule has 1 aromatic carbocycles. The van der Waals surface area contributed by atoms with Crippen LogP contribution in [-0.4, -0.2) is 34.8 Å². The number of carbonyl (C=O) groups excluding carboxylic acids is 1. The number of carbonyl (C=O) groups is 1. The summed E-state index contributed by atoms with van der Waals surface area (Å²) >= 11 is 1.41. The SMILES string of the molecule is COC(=O)C(N)CSc1nc2ccc(C)cc2[nH]1. The molecule has 0 aliphatic rings. The second-order valence-corrected chi connectivity index (χ2v) is 5.01. The van der Waals surface area contributed by atoms with Crippen molar-refractivity contribution in [3.8, 4) is 0 Å². The monoisotopic (exact) mass is 265 g/mol. The van der Waals surface area contributed by atoms with Gasteiger partial charge in [-0.3, -0.25) is 4.79 Å². The molecule has 1 aromatic heterocycles. The smallest absolute Gasteiger partial charge is 0.323 e. The molecule has 0 amide bonds. The third-order valence-corrected chi connectivity index (χ3v) is 3.51. The van der Waals surface area contributed by atoms with Crippen LogP contribution in [0.1, 0.15) is 5.56 Å². The minimum Gasteiger partial charge on any atom is -0.468 e. The number of rotatable bonds is 4. The number of hydrogen-bond donors (Lipinski definition) is 2. The Morgan fingerprint density at radius 3 is 3.11 bits per heavy atom. The van der Waals surface area contributed by atoms with Gasteiger partial charge in [0.15, 0.2) is 5.16 Å². The normalized spacial score (nSPS) is 12.6. The fraction of sp³-hybridized carbons (Fsp3) is 0.333. The number of nitrogens with one attached hydrogen (secondary N) is 1. The van der Waals surface area contributed by atoms with Crippen molar-refractivity contribution in [3.05, 3.63) is 23.8 Å². The number of esters is 1. The van der Waals surface area contributed by atoms with Crippen LogP contribution in [0.3, 0.4) is 0 Å². The van der Waals surface area contributed by atoms with E-state index in [1.54, 1.807) is 0 Å². The molecule has 0 aliphatic heterocycles. The first kappa shape index (κ1) is 12.9. The highest BCUT2D eigenvalue weighted by Gasteiger charge is 2.15. The molecule has 2 aromatic rings. The molecule has 0 spiro atoms. The number of aryl methyl sites for hydroxylation is 1. The van der Waals surface area contributed by atoms with Crippen LogP contribution in [0, 0.1) is 6.92 Å². The van der Waals surface area contributed by atoms with Crippen molar-refractivity contribution < 1.29 is 9.53 Å². The summed E-state index contributed by atoms with van der Waals surface area (Å²) in [4.78, 5) is 18.8. The van der Waals surface area contributed by atoms with Crippen LogP contribution < -0.4 is 5.73 Å². The van der Waals surface area contributed by atoms with E-state index in [9.17, 15) is 4.79 Å². The van der Waals surface area contributed by atoms with E-state index in [2.05, 4.69) is 14.7 Å². The summed E-state index contributed by atoms with van der Waals surface area (Å²) in [6.45, 7) is 2.03. The van der Waals surface area contributed by atoms with Crippen molar-refractivity contribution in [2.75, 3.05) is 12.9 Å². The molecular formula is C12H15N3O2S. The average Bonchev–Trinajstić information content (AvgIpc) is 2.76. The van der Waals surface area contributed by atoms with Crippen molar-refractivity contribution >= 4 is 28.8 Å². The number of benzene rings is 1. The topological polar surface area (TPSA) is 81.0 Å². The number of methoxy groups -OCH3 is 1. The summed E-state index contributed by atoms with van der Waals surface area (Å²) in [7, 11) is 1.33. The number of aromatic amines is 1. The first-order valence-electron chi connectivity index (χ1n) is 5.52. The molecule has 1 atom stereocenters. The van der Waals surface area contributed by atoms with Gasteiger partial charge >= 0.3 is 5.97 Å². The van der Waals surface area contributed by atoms with Crippen molar-refractivity contribution in [2.45, 2.75) is 18.1 Å². The number of fused-ring (bicyclic) bond motifs is 1. The van der Waals surface area contributed by atoms with E-state index >= 15 is 0 Å². The second kappa shape index (κ2) is 5.41. The van der Waals surface area contributed by atoms with Gasteiger partial charge in [-0.25, -0.2) is 4.98 Å². The van der Waals surface area contributed by atoms with Crippen LogP contribution >= 0.6 is 11.8 Å². The fourth-order valence-corrected chi connectivity index (χ4v) is 2.38. The molecule has 0 radical (unpaired) electrons. The zero-order valence-corrected chi connectivity index (χ0v) is 11.1. The molecule has 1 heterocycles. The summed E-state index contributed by atoms with van der Waals surface area (Å²) in [5, 5.41) is 0.759. The highest BCUT2D eigenvalue weighted by molar-refractivity contribution is 7.99. The standard InChI is InChI=1S/C12H15N3O2S/c1-7-3-4-9-10(5-7)15-12(14-9)18-6-8(13)11(16)17-2/h3-5,8H,6,13H2,1-2H3,(H,14,15). The van der Waals surface area contributed by atoms with E-state index in [0.29, 0.717) is 5.75 Å². The minimum atomic E-state index is -0.630. The van der Waals surface area contributed by atoms with Crippen LogP contribution in [-0.2, 0) is 9.53 Å². The van der Waals surface area contributed by atoms with Crippen LogP contribution in [0.5, 0.6) is 0 Å². The Labute approximate surface area is 109 Å². The molecule has 18 heavy (non-hydrogen) atoms. The Morgan fingerprint density at radius 1 is 1.61 bits per heavy atom. The van der Waals surface area contributed by atoms with Crippen molar-refractivity contribution in [2.24, 2.45) is 5.73 Å². The molecule has 1 unspecified atom stereocenters. The Kier molecular flexibility index (Phi) is 3.88. The van der Waals surface area contributed by atoms with Gasteiger partial charge in [0.25, 0.3) is 0 Å². The van der Waals surface area contributed by atoms with Crippen molar-refractivity contribution in [1.82, 2.24) is 9.97 Å². The van der Waals surface area contributed by atoms with Crippen molar-refractivity contribution in [3.63, 3.8) is 0 Å². The Bertz CT molecular complexity index is 567. The Morgan fingerprint density at radius 2 is 2.39 bits per heavy atom. The molecular weight excluding hydrogens is 250 g/mol. The van der Waals surface area contributed by atoms with Gasteiger partial charge in [-0.15, -0.1) is 0 Å². The average molecular weight is 265 g/mol. The third kappa shape index (κ3) is 2.83. The number of nitrogens with zero attached hydrogens (tertiary/aromatic N) is 1. The number of hydrogen-bond acceptors (Lipinski definition) is 5. The summed E-state index contributed by atoms with van der Waals surface area (Å²) in [6, 6.07) is 5.38. The van der Waals surface area contributed by atoms with Crippen molar-refractivity contribution in [1.29, 1.82) is 0 Å². The summed E-state index contributed by atoms with van der Waals surface area (Å²) < 4.78 is 4.57. The van der Waals surface area contributed by atoms with Crippen LogP contribution in [0.2, 0.25) is 0 Å². The predicted molar refractivity (Wildman–Crippen MR) is 71.5 cm³/mol. The minimum absolute atomic E-state index is 0.408.